The van der Waals surface area contributed by atoms with Crippen LogP contribution in [0.2, 0.25) is 10.0 Å². The van der Waals surface area contributed by atoms with Crippen LogP contribution in [0.15, 0.2) is 53.1 Å². The molecule has 0 aliphatic carbocycles. The summed E-state index contributed by atoms with van der Waals surface area (Å²) in [5.74, 6) is -0.289. The Bertz CT molecular complexity index is 1080. The van der Waals surface area contributed by atoms with Gasteiger partial charge in [-0.25, -0.2) is 0 Å². The molecule has 6 nitrogen and oxygen atoms in total. The number of carbonyl (C=O) groups is 2. The van der Waals surface area contributed by atoms with Gasteiger partial charge < -0.3 is 10.1 Å². The number of ether oxygens (including phenoxy) is 1. The van der Waals surface area contributed by atoms with Crippen LogP contribution in [0.4, 0.5) is 5.69 Å². The van der Waals surface area contributed by atoms with Gasteiger partial charge in [0.2, 0.25) is 5.91 Å². The van der Waals surface area contributed by atoms with Crippen molar-refractivity contribution in [3.63, 3.8) is 0 Å². The summed E-state index contributed by atoms with van der Waals surface area (Å²) >= 11 is 13.5. The molecule has 0 spiro atoms. The van der Waals surface area contributed by atoms with Gasteiger partial charge in [0.1, 0.15) is 22.4 Å². The minimum absolute atomic E-state index is 0.140. The molecule has 2 aromatic rings. The van der Waals surface area contributed by atoms with E-state index in [1.54, 1.807) is 42.5 Å². The van der Waals surface area contributed by atoms with Gasteiger partial charge in [-0.1, -0.05) is 41.0 Å². The molecule has 1 fully saturated rings. The Morgan fingerprint density at radius 3 is 2.73 bits per heavy atom. The molecule has 0 aromatic heterocycles. The maximum atomic E-state index is 13.4. The van der Waals surface area contributed by atoms with Gasteiger partial charge in [-0.3, -0.25) is 14.5 Å². The summed E-state index contributed by atoms with van der Waals surface area (Å²) in [6.07, 6.45) is 0.291. The molecule has 9 heteroatoms. The van der Waals surface area contributed by atoms with Crippen LogP contribution in [-0.4, -0.2) is 31.2 Å². The van der Waals surface area contributed by atoms with Crippen LogP contribution in [0, 0.1) is 11.3 Å². The zero-order valence-electron chi connectivity index (χ0n) is 16.1. The number of thioether (sulfide) groups is 1. The molecule has 0 bridgehead atoms. The van der Waals surface area contributed by atoms with Crippen molar-refractivity contribution in [1.82, 2.24) is 5.32 Å². The first-order valence-corrected chi connectivity index (χ1v) is 10.5. The molecule has 2 aromatic carbocycles. The normalized spacial score (nSPS) is 17.5. The summed E-state index contributed by atoms with van der Waals surface area (Å²) in [5.41, 5.74) is 1.07. The number of hydrogen-bond donors (Lipinski definition) is 1. The molecule has 1 heterocycles. The SMILES string of the molecule is CNC(=O)/C(C#N)=C1\SC(Cc2cc(Cl)ccc2Cl)C(=O)N1c1cccc(OC)c1. The van der Waals surface area contributed by atoms with Crippen LogP contribution in [0.3, 0.4) is 0 Å². The second-order valence-electron chi connectivity index (χ2n) is 6.29. The third-order valence-corrected chi connectivity index (χ3v) is 6.32. The van der Waals surface area contributed by atoms with E-state index in [4.69, 9.17) is 27.9 Å². The number of nitrogens with zero attached hydrogens (tertiary/aromatic N) is 2. The Morgan fingerprint density at radius 1 is 1.30 bits per heavy atom. The smallest absolute Gasteiger partial charge is 0.264 e. The highest BCUT2D eigenvalue weighted by molar-refractivity contribution is 8.05. The summed E-state index contributed by atoms with van der Waals surface area (Å²) in [4.78, 5) is 27.0. The van der Waals surface area contributed by atoms with Crippen molar-refractivity contribution in [2.24, 2.45) is 0 Å². The lowest BCUT2D eigenvalue weighted by Crippen LogP contribution is -2.31. The number of benzene rings is 2. The van der Waals surface area contributed by atoms with Crippen molar-refractivity contribution < 1.29 is 14.3 Å². The van der Waals surface area contributed by atoms with Gasteiger partial charge in [-0.2, -0.15) is 5.26 Å². The van der Waals surface area contributed by atoms with Gasteiger partial charge in [0.15, 0.2) is 0 Å². The number of nitrogens with one attached hydrogen (secondary N) is 1. The zero-order chi connectivity index (χ0) is 21.8. The molecule has 0 saturated carbocycles. The lowest BCUT2D eigenvalue weighted by atomic mass is 10.1. The fourth-order valence-corrected chi connectivity index (χ4v) is 4.68. The molecule has 3 rings (SSSR count). The Hall–Kier alpha value is -2.66. The van der Waals surface area contributed by atoms with Crippen molar-refractivity contribution in [1.29, 1.82) is 5.26 Å². The summed E-state index contributed by atoms with van der Waals surface area (Å²) in [7, 11) is 2.95. The van der Waals surface area contributed by atoms with Crippen LogP contribution in [0.1, 0.15) is 5.56 Å². The van der Waals surface area contributed by atoms with Gasteiger partial charge in [0.05, 0.1) is 18.0 Å². The number of methoxy groups -OCH3 is 1. The largest absolute Gasteiger partial charge is 0.497 e. The Balaban J connectivity index is 2.08. The molecule has 1 aliphatic heterocycles. The van der Waals surface area contributed by atoms with E-state index >= 15 is 0 Å². The fraction of sp³-hybridized carbons (Fsp3) is 0.190. The van der Waals surface area contributed by atoms with E-state index in [-0.39, 0.29) is 16.5 Å². The molecule has 0 radical (unpaired) electrons. The highest BCUT2D eigenvalue weighted by Gasteiger charge is 2.41. The maximum Gasteiger partial charge on any atom is 0.264 e. The minimum Gasteiger partial charge on any atom is -0.497 e. The molecule has 1 atom stereocenters. The summed E-state index contributed by atoms with van der Waals surface area (Å²) in [6.45, 7) is 0. The van der Waals surface area contributed by atoms with E-state index in [0.29, 0.717) is 33.5 Å². The van der Waals surface area contributed by atoms with E-state index in [2.05, 4.69) is 5.32 Å². The highest BCUT2D eigenvalue weighted by Crippen LogP contribution is 2.43. The van der Waals surface area contributed by atoms with E-state index in [0.717, 1.165) is 11.8 Å². The lowest BCUT2D eigenvalue weighted by Gasteiger charge is -2.19. The summed E-state index contributed by atoms with van der Waals surface area (Å²) < 4.78 is 5.25. The number of carbonyl (C=O) groups excluding carboxylic acids is 2. The third kappa shape index (κ3) is 4.41. The monoisotopic (exact) mass is 461 g/mol. The average molecular weight is 462 g/mol. The molecule has 154 valence electrons. The van der Waals surface area contributed by atoms with Crippen molar-refractivity contribution >= 4 is 52.5 Å². The second-order valence-corrected chi connectivity index (χ2v) is 8.33. The number of amides is 2. The Morgan fingerprint density at radius 2 is 2.07 bits per heavy atom. The number of anilines is 1. The van der Waals surface area contributed by atoms with E-state index in [1.807, 2.05) is 6.07 Å². The standard InChI is InChI=1S/C21H17Cl2N3O3S/c1-25-19(27)16(11-24)21-26(14-4-3-5-15(10-14)29-2)20(28)18(30-21)9-12-8-13(22)6-7-17(12)23/h3-8,10,18H,9H2,1-2H3,(H,25,27)/b21-16-. The Kier molecular flexibility index (Phi) is 6.93. The van der Waals surface area contributed by atoms with Crippen LogP contribution >= 0.6 is 35.0 Å². The van der Waals surface area contributed by atoms with Crippen molar-refractivity contribution in [3.05, 3.63) is 68.7 Å². The quantitative estimate of drug-likeness (QED) is 0.533. The van der Waals surface area contributed by atoms with Crippen LogP contribution in [-0.2, 0) is 16.0 Å². The fourth-order valence-electron chi connectivity index (χ4n) is 3.00. The van der Waals surface area contributed by atoms with Crippen LogP contribution in [0.5, 0.6) is 5.75 Å². The summed E-state index contributed by atoms with van der Waals surface area (Å²) in [6, 6.07) is 13.8. The van der Waals surface area contributed by atoms with Crippen molar-refractivity contribution in [3.8, 4) is 11.8 Å². The van der Waals surface area contributed by atoms with E-state index in [1.165, 1.54) is 19.1 Å². The second kappa shape index (κ2) is 9.43. The van der Waals surface area contributed by atoms with Gasteiger partial charge in [0, 0.05) is 23.2 Å². The first-order chi connectivity index (χ1) is 14.4. The molecule has 30 heavy (non-hydrogen) atoms. The number of nitriles is 1. The molecule has 1 unspecified atom stereocenters. The maximum absolute atomic E-state index is 13.4. The van der Waals surface area contributed by atoms with E-state index < -0.39 is 11.2 Å². The van der Waals surface area contributed by atoms with E-state index in [9.17, 15) is 14.9 Å². The van der Waals surface area contributed by atoms with Gasteiger partial charge >= 0.3 is 0 Å². The van der Waals surface area contributed by atoms with Gasteiger partial charge in [-0.15, -0.1) is 0 Å². The molecular weight excluding hydrogens is 445 g/mol. The van der Waals surface area contributed by atoms with Gasteiger partial charge in [-0.05, 0) is 42.3 Å². The van der Waals surface area contributed by atoms with Crippen molar-refractivity contribution in [2.75, 3.05) is 19.1 Å². The summed E-state index contributed by atoms with van der Waals surface area (Å²) in [5, 5.41) is 12.7. The van der Waals surface area contributed by atoms with Crippen molar-refractivity contribution in [2.45, 2.75) is 11.7 Å². The van der Waals surface area contributed by atoms with Gasteiger partial charge in [0.25, 0.3) is 5.91 Å². The number of hydrogen-bond acceptors (Lipinski definition) is 5. The number of likely N-dealkylation sites (N-methyl/N-ethyl adjacent to an activating group) is 1. The lowest BCUT2D eigenvalue weighted by molar-refractivity contribution is -0.117. The van der Waals surface area contributed by atoms with Crippen LogP contribution < -0.4 is 15.0 Å². The molecule has 1 N–H and O–H groups in total. The predicted octanol–water partition coefficient (Wildman–Crippen LogP) is 4.17. The average Bonchev–Trinajstić information content (AvgIpc) is 3.06. The number of halogens is 2. The zero-order valence-corrected chi connectivity index (χ0v) is 18.4. The topological polar surface area (TPSA) is 82.4 Å². The first-order valence-electron chi connectivity index (χ1n) is 8.84. The Labute approximate surface area is 188 Å². The minimum atomic E-state index is -0.588. The molecule has 1 aliphatic rings. The first kappa shape index (κ1) is 22.0. The molecule has 1 saturated heterocycles. The molecule has 2 amide bonds. The third-order valence-electron chi connectivity index (χ3n) is 4.46. The highest BCUT2D eigenvalue weighted by atomic mass is 35.5. The molecular formula is C21H17Cl2N3O3S. The van der Waals surface area contributed by atoms with Crippen LogP contribution in [0.25, 0.3) is 0 Å². The predicted molar refractivity (Wildman–Crippen MR) is 119 cm³/mol. The number of rotatable bonds is 5.